The summed E-state index contributed by atoms with van der Waals surface area (Å²) in [5.41, 5.74) is 0. The van der Waals surface area contributed by atoms with Crippen LogP contribution in [-0.4, -0.2) is 44.9 Å². The first-order valence-electron chi connectivity index (χ1n) is 3.93. The number of nitrogens with one attached hydrogen (secondary N) is 2. The molecule has 0 spiro atoms. The second-order valence-electron chi connectivity index (χ2n) is 2.37. The molecule has 1 heterocycles. The number of piperazine rings is 1. The summed E-state index contributed by atoms with van der Waals surface area (Å²) < 4.78 is 26.9. The maximum absolute atomic E-state index is 9.56. The molecule has 0 amide bonds. The predicted octanol–water partition coefficient (Wildman–Crippen LogP) is -3.81. The molecule has 1 saturated heterocycles. The van der Waals surface area contributed by atoms with Crippen molar-refractivity contribution in [3.8, 4) is 0 Å². The van der Waals surface area contributed by atoms with Gasteiger partial charge < -0.3 is 12.1 Å². The van der Waals surface area contributed by atoms with Gasteiger partial charge in [-0.15, -0.1) is 0 Å². The van der Waals surface area contributed by atoms with Gasteiger partial charge in [0.2, 0.25) is 0 Å². The van der Waals surface area contributed by atoms with Crippen molar-refractivity contribution in [3.05, 3.63) is 0 Å². The van der Waals surface area contributed by atoms with Gasteiger partial charge >= 0.3 is 29.6 Å². The van der Waals surface area contributed by atoms with E-state index in [-0.39, 0.29) is 36.7 Å². The summed E-state index contributed by atoms with van der Waals surface area (Å²) in [7, 11) is -3.66. The standard InChI is InChI=1S/C4H10N2.C2H6O3S.Na.H/c1-2-6-4-3-5-1;1-2-6(3,4)5;;/h5-6H,1-4H2;2H2,1H3,(H,3,4,5);;/q;;+1;-1. The molecule has 1 aliphatic rings. The third-order valence-corrected chi connectivity index (χ3v) is 2.05. The summed E-state index contributed by atoms with van der Waals surface area (Å²) in [5, 5.41) is 6.44. The third-order valence-electron chi connectivity index (χ3n) is 1.32. The maximum Gasteiger partial charge on any atom is 1.00 e. The van der Waals surface area contributed by atoms with Crippen molar-refractivity contribution in [2.75, 3.05) is 31.9 Å². The van der Waals surface area contributed by atoms with Gasteiger partial charge in [0.25, 0.3) is 10.1 Å². The van der Waals surface area contributed by atoms with Crippen molar-refractivity contribution in [1.82, 2.24) is 10.6 Å². The van der Waals surface area contributed by atoms with Crippen LogP contribution in [0, 0.1) is 0 Å². The van der Waals surface area contributed by atoms with E-state index >= 15 is 0 Å². The monoisotopic (exact) mass is 220 g/mol. The van der Waals surface area contributed by atoms with Crippen LogP contribution < -0.4 is 40.2 Å². The molecule has 7 heteroatoms. The van der Waals surface area contributed by atoms with E-state index in [1.54, 1.807) is 0 Å². The first kappa shape index (κ1) is 16.3. The molecule has 0 unspecified atom stereocenters. The normalized spacial score (nSPS) is 16.5. The van der Waals surface area contributed by atoms with Crippen LogP contribution in [0.1, 0.15) is 8.35 Å². The molecule has 0 aromatic carbocycles. The molecule has 0 bridgehead atoms. The zero-order valence-corrected chi connectivity index (χ0v) is 11.0. The molecular weight excluding hydrogens is 203 g/mol. The Bertz CT molecular complexity index is 186. The summed E-state index contributed by atoms with van der Waals surface area (Å²) in [6, 6.07) is 0. The van der Waals surface area contributed by atoms with Crippen LogP contribution in [0.15, 0.2) is 0 Å². The molecule has 1 fully saturated rings. The Kier molecular flexibility index (Phi) is 11.7. The molecule has 0 aromatic rings. The molecule has 0 aliphatic carbocycles. The largest absolute Gasteiger partial charge is 1.00 e. The maximum atomic E-state index is 9.56. The second-order valence-corrected chi connectivity index (χ2v) is 4.11. The Balaban J connectivity index is -0.000000151. The fraction of sp³-hybridized carbons (Fsp3) is 1.00. The molecule has 13 heavy (non-hydrogen) atoms. The molecule has 1 aliphatic heterocycles. The van der Waals surface area contributed by atoms with Gasteiger partial charge in [0.1, 0.15) is 0 Å². The Morgan fingerprint density at radius 1 is 1.23 bits per heavy atom. The van der Waals surface area contributed by atoms with E-state index < -0.39 is 10.1 Å². The van der Waals surface area contributed by atoms with Crippen LogP contribution >= 0.6 is 0 Å². The molecule has 0 radical (unpaired) electrons. The van der Waals surface area contributed by atoms with E-state index in [1.165, 1.54) is 6.92 Å². The fourth-order valence-electron chi connectivity index (χ4n) is 0.604. The van der Waals surface area contributed by atoms with Gasteiger partial charge in [0.05, 0.1) is 5.75 Å². The Morgan fingerprint density at radius 2 is 1.46 bits per heavy atom. The Hall–Kier alpha value is 0.830. The minimum absolute atomic E-state index is 0. The SMILES string of the molecule is C1CNCCN1.CCS(=O)(=O)O.[H-].[Na+]. The van der Waals surface area contributed by atoms with E-state index in [9.17, 15) is 8.42 Å². The van der Waals surface area contributed by atoms with E-state index in [4.69, 9.17) is 4.55 Å². The summed E-state index contributed by atoms with van der Waals surface area (Å²) in [5.74, 6) is -0.201. The molecule has 3 N–H and O–H groups in total. The van der Waals surface area contributed by atoms with E-state index in [0.717, 1.165) is 26.2 Å². The van der Waals surface area contributed by atoms with Gasteiger partial charge in [-0.05, 0) is 6.92 Å². The second kappa shape index (κ2) is 9.39. The van der Waals surface area contributed by atoms with Crippen LogP contribution in [0.5, 0.6) is 0 Å². The first-order chi connectivity index (χ1) is 5.56. The van der Waals surface area contributed by atoms with Crippen molar-refractivity contribution in [3.63, 3.8) is 0 Å². The molecule has 0 atom stereocenters. The van der Waals surface area contributed by atoms with Gasteiger partial charge in [-0.2, -0.15) is 8.42 Å². The molecule has 76 valence electrons. The Labute approximate surface area is 103 Å². The van der Waals surface area contributed by atoms with E-state index in [1.807, 2.05) is 0 Å². The molecular formula is C6H17N2NaO3S. The van der Waals surface area contributed by atoms with Gasteiger partial charge in [0, 0.05) is 26.2 Å². The van der Waals surface area contributed by atoms with E-state index in [2.05, 4.69) is 10.6 Å². The van der Waals surface area contributed by atoms with Crippen LogP contribution in [-0.2, 0) is 10.1 Å². The van der Waals surface area contributed by atoms with Crippen LogP contribution in [0.25, 0.3) is 0 Å². The topological polar surface area (TPSA) is 78.4 Å². The number of rotatable bonds is 1. The third kappa shape index (κ3) is 15.6. The zero-order valence-electron chi connectivity index (χ0n) is 9.21. The van der Waals surface area contributed by atoms with Crippen LogP contribution in [0.3, 0.4) is 0 Å². The van der Waals surface area contributed by atoms with Gasteiger partial charge in [-0.1, -0.05) is 0 Å². The molecule has 5 nitrogen and oxygen atoms in total. The summed E-state index contributed by atoms with van der Waals surface area (Å²) >= 11 is 0. The summed E-state index contributed by atoms with van der Waals surface area (Å²) in [6.07, 6.45) is 0. The molecule has 1 rings (SSSR count). The van der Waals surface area contributed by atoms with Crippen LogP contribution in [0.4, 0.5) is 0 Å². The minimum atomic E-state index is -3.66. The Morgan fingerprint density at radius 3 is 1.54 bits per heavy atom. The minimum Gasteiger partial charge on any atom is -1.00 e. The average molecular weight is 220 g/mol. The predicted molar refractivity (Wildman–Crippen MR) is 48.9 cm³/mol. The quantitative estimate of drug-likeness (QED) is 0.312. The summed E-state index contributed by atoms with van der Waals surface area (Å²) in [4.78, 5) is 0. The van der Waals surface area contributed by atoms with Crippen molar-refractivity contribution >= 4 is 10.1 Å². The number of hydrogen-bond donors (Lipinski definition) is 3. The number of hydrogen-bond acceptors (Lipinski definition) is 4. The first-order valence-corrected chi connectivity index (χ1v) is 5.54. The van der Waals surface area contributed by atoms with Crippen molar-refractivity contribution in [2.24, 2.45) is 0 Å². The van der Waals surface area contributed by atoms with Crippen molar-refractivity contribution < 1.29 is 44.0 Å². The van der Waals surface area contributed by atoms with Gasteiger partial charge in [-0.25, -0.2) is 0 Å². The van der Waals surface area contributed by atoms with Gasteiger partial charge in [-0.3, -0.25) is 4.55 Å². The van der Waals surface area contributed by atoms with Crippen molar-refractivity contribution in [1.29, 1.82) is 0 Å². The van der Waals surface area contributed by atoms with Crippen molar-refractivity contribution in [2.45, 2.75) is 6.92 Å². The smallest absolute Gasteiger partial charge is 1.00 e. The fourth-order valence-corrected chi connectivity index (χ4v) is 0.604. The zero-order chi connectivity index (χ0) is 9.45. The molecule has 0 saturated carbocycles. The van der Waals surface area contributed by atoms with Crippen LogP contribution in [0.2, 0.25) is 0 Å². The summed E-state index contributed by atoms with van der Waals surface area (Å²) in [6.45, 7) is 5.93. The average Bonchev–Trinajstić information content (AvgIpc) is 2.07. The van der Waals surface area contributed by atoms with E-state index in [0.29, 0.717) is 0 Å². The molecule has 0 aromatic heterocycles. The van der Waals surface area contributed by atoms with Gasteiger partial charge in [0.15, 0.2) is 0 Å².